The summed E-state index contributed by atoms with van der Waals surface area (Å²) in [5.41, 5.74) is 0. The molecular weight excluding hydrogens is 250 g/mol. The minimum absolute atomic E-state index is 0.361. The third-order valence-electron chi connectivity index (χ3n) is 1.01. The first kappa shape index (κ1) is 14.9. The number of halogens is 3. The summed E-state index contributed by atoms with van der Waals surface area (Å²) in [6.07, 6.45) is 4.68. The van der Waals surface area contributed by atoms with E-state index in [-0.39, 0.29) is 0 Å². The zero-order chi connectivity index (χ0) is 9.11. The second-order valence-electron chi connectivity index (χ2n) is 1.94. The normalized spacial score (nSPS) is 10.1. The SMILES string of the molecule is CCCCCCO.[Cl][Fe]([Cl])[Cl]. The van der Waals surface area contributed by atoms with E-state index in [1.807, 2.05) is 0 Å². The molecule has 0 aromatic rings. The van der Waals surface area contributed by atoms with Crippen LogP contribution in [0.5, 0.6) is 0 Å². The van der Waals surface area contributed by atoms with Gasteiger partial charge in [0.25, 0.3) is 0 Å². The molecule has 73 valence electrons. The van der Waals surface area contributed by atoms with E-state index in [0.29, 0.717) is 6.61 Å². The van der Waals surface area contributed by atoms with Crippen LogP contribution in [0, 0.1) is 0 Å². The summed E-state index contributed by atoms with van der Waals surface area (Å²) in [4.78, 5) is 0. The van der Waals surface area contributed by atoms with Crippen LogP contribution in [0.25, 0.3) is 0 Å². The zero-order valence-electron chi connectivity index (χ0n) is 6.47. The van der Waals surface area contributed by atoms with Gasteiger partial charge in [-0.15, -0.1) is 0 Å². The van der Waals surface area contributed by atoms with Gasteiger partial charge >= 0.3 is 41.5 Å². The third-order valence-corrected chi connectivity index (χ3v) is 1.01. The van der Waals surface area contributed by atoms with Crippen molar-refractivity contribution in [3.05, 3.63) is 0 Å². The first-order chi connectivity index (χ1) is 5.15. The second kappa shape index (κ2) is 13.9. The van der Waals surface area contributed by atoms with E-state index in [1.54, 1.807) is 0 Å². The van der Waals surface area contributed by atoms with Crippen molar-refractivity contribution in [3.63, 3.8) is 0 Å². The fraction of sp³-hybridized carbons (Fsp3) is 1.00. The molecule has 0 spiro atoms. The Balaban J connectivity index is 0. The molecule has 0 rings (SSSR count). The van der Waals surface area contributed by atoms with E-state index in [1.165, 1.54) is 19.3 Å². The fourth-order valence-corrected chi connectivity index (χ4v) is 0.539. The average Bonchev–Trinajstić information content (AvgIpc) is 1.88. The summed E-state index contributed by atoms with van der Waals surface area (Å²) < 4.78 is 0. The summed E-state index contributed by atoms with van der Waals surface area (Å²) in [7, 11) is 14.7. The summed E-state index contributed by atoms with van der Waals surface area (Å²) in [6, 6.07) is 0. The van der Waals surface area contributed by atoms with Crippen LogP contribution in [-0.4, -0.2) is 11.7 Å². The average molecular weight is 264 g/mol. The van der Waals surface area contributed by atoms with Crippen molar-refractivity contribution in [2.75, 3.05) is 6.61 Å². The van der Waals surface area contributed by atoms with Crippen LogP contribution >= 0.6 is 30.3 Å². The van der Waals surface area contributed by atoms with Crippen molar-refractivity contribution in [1.82, 2.24) is 0 Å². The van der Waals surface area contributed by atoms with Gasteiger partial charge in [0.15, 0.2) is 0 Å². The molecule has 0 bridgehead atoms. The molecule has 0 unspecified atom stereocenters. The van der Waals surface area contributed by atoms with E-state index in [0.717, 1.165) is 6.42 Å². The Kier molecular flexibility index (Phi) is 18.8. The van der Waals surface area contributed by atoms with Crippen molar-refractivity contribution >= 4 is 30.3 Å². The van der Waals surface area contributed by atoms with Crippen molar-refractivity contribution in [3.8, 4) is 0 Å². The molecule has 1 N–H and O–H groups in total. The van der Waals surface area contributed by atoms with Crippen LogP contribution in [0.1, 0.15) is 32.6 Å². The Morgan fingerprint density at radius 2 is 1.55 bits per heavy atom. The van der Waals surface area contributed by atoms with Crippen LogP contribution in [0.4, 0.5) is 0 Å². The molecule has 0 fully saturated rings. The molecular formula is C6H14Cl3FeO. The van der Waals surface area contributed by atoms with Gasteiger partial charge in [-0.3, -0.25) is 0 Å². The predicted octanol–water partition coefficient (Wildman–Crippen LogP) is 3.63. The zero-order valence-corrected chi connectivity index (χ0v) is 9.84. The van der Waals surface area contributed by atoms with E-state index in [4.69, 9.17) is 35.4 Å². The molecule has 0 amide bonds. The van der Waals surface area contributed by atoms with Crippen LogP contribution < -0.4 is 0 Å². The van der Waals surface area contributed by atoms with Crippen molar-refractivity contribution in [2.45, 2.75) is 32.6 Å². The number of rotatable bonds is 4. The Morgan fingerprint density at radius 1 is 1.09 bits per heavy atom. The van der Waals surface area contributed by atoms with Crippen LogP contribution in [0.2, 0.25) is 0 Å². The monoisotopic (exact) mass is 263 g/mol. The number of aliphatic hydroxyl groups is 1. The quantitative estimate of drug-likeness (QED) is 0.607. The van der Waals surface area contributed by atoms with Gasteiger partial charge in [0.2, 0.25) is 0 Å². The second-order valence-corrected chi connectivity index (χ2v) is 7.41. The Bertz CT molecular complexity index is 57.0. The molecule has 5 heteroatoms. The maximum atomic E-state index is 8.29. The molecule has 11 heavy (non-hydrogen) atoms. The summed E-state index contributed by atoms with van der Waals surface area (Å²) >= 11 is -1.33. The van der Waals surface area contributed by atoms with Gasteiger partial charge in [0.1, 0.15) is 0 Å². The fourth-order valence-electron chi connectivity index (χ4n) is 0.539. The van der Waals surface area contributed by atoms with E-state index in [2.05, 4.69) is 6.92 Å². The van der Waals surface area contributed by atoms with Gasteiger partial charge in [-0.25, -0.2) is 0 Å². The molecule has 1 nitrogen and oxygen atoms in total. The minimum atomic E-state index is -1.33. The molecule has 0 aliphatic carbocycles. The van der Waals surface area contributed by atoms with E-state index < -0.39 is 11.2 Å². The first-order valence-electron chi connectivity index (χ1n) is 3.42. The third kappa shape index (κ3) is 34.7. The summed E-state index contributed by atoms with van der Waals surface area (Å²) in [6.45, 7) is 2.53. The molecule has 0 aromatic heterocycles. The standard InChI is InChI=1S/C6H14O.3ClH.Fe/c1-2-3-4-5-6-7;;;;/h7H,2-6H2,1H3;3*1H;/q;;;;+3/p-3. The molecule has 0 aliphatic rings. The number of hydrogen-bond donors (Lipinski definition) is 1. The van der Waals surface area contributed by atoms with Crippen LogP contribution in [0.3, 0.4) is 0 Å². The van der Waals surface area contributed by atoms with Gasteiger partial charge in [0.05, 0.1) is 0 Å². The topological polar surface area (TPSA) is 20.2 Å². The molecule has 0 saturated heterocycles. The Labute approximate surface area is 85.6 Å². The Hall–Kier alpha value is 1.35. The molecule has 0 saturated carbocycles. The molecule has 0 radical (unpaired) electrons. The van der Waals surface area contributed by atoms with Gasteiger partial charge in [-0.1, -0.05) is 26.2 Å². The van der Waals surface area contributed by atoms with Crippen molar-refractivity contribution in [1.29, 1.82) is 0 Å². The van der Waals surface area contributed by atoms with Gasteiger partial charge < -0.3 is 5.11 Å². The number of unbranched alkanes of at least 4 members (excludes halogenated alkanes) is 3. The molecule has 0 aliphatic heterocycles. The first-order valence-corrected chi connectivity index (χ1v) is 7.98. The van der Waals surface area contributed by atoms with Gasteiger partial charge in [-0.05, 0) is 6.42 Å². The van der Waals surface area contributed by atoms with E-state index >= 15 is 0 Å². The predicted molar refractivity (Wildman–Crippen MR) is 48.8 cm³/mol. The molecule has 0 atom stereocenters. The summed E-state index contributed by atoms with van der Waals surface area (Å²) in [5.74, 6) is 0. The maximum absolute atomic E-state index is 8.29. The van der Waals surface area contributed by atoms with Crippen molar-refractivity contribution < 1.29 is 16.3 Å². The summed E-state index contributed by atoms with van der Waals surface area (Å²) in [5, 5.41) is 8.29. The molecule has 0 aromatic carbocycles. The van der Waals surface area contributed by atoms with Crippen LogP contribution in [-0.2, 0) is 11.2 Å². The molecule has 0 heterocycles. The number of hydrogen-bond acceptors (Lipinski definition) is 1. The Morgan fingerprint density at radius 3 is 1.82 bits per heavy atom. The van der Waals surface area contributed by atoms with E-state index in [9.17, 15) is 0 Å². The number of aliphatic hydroxyl groups excluding tert-OH is 1. The van der Waals surface area contributed by atoms with Gasteiger partial charge in [0, 0.05) is 6.61 Å². The van der Waals surface area contributed by atoms with Crippen molar-refractivity contribution in [2.24, 2.45) is 0 Å². The van der Waals surface area contributed by atoms with Crippen LogP contribution in [0.15, 0.2) is 0 Å². The van der Waals surface area contributed by atoms with Gasteiger partial charge in [-0.2, -0.15) is 0 Å².